The summed E-state index contributed by atoms with van der Waals surface area (Å²) in [6.07, 6.45) is -0.821. The molecule has 1 rings (SSSR count). The van der Waals surface area contributed by atoms with Gasteiger partial charge in [0.05, 0.1) is 32.3 Å². The molecule has 7 atom stereocenters. The Kier molecular flexibility index (Phi) is 16.8. The van der Waals surface area contributed by atoms with Crippen molar-refractivity contribution in [3.05, 3.63) is 0 Å². The minimum absolute atomic E-state index is 0.0141. The molecular formula is C39H84O8Si4. The molecule has 1 aliphatic heterocycles. The second kappa shape index (κ2) is 17.5. The minimum Gasteiger partial charge on any atom is -0.469 e. The molecule has 304 valence electrons. The van der Waals surface area contributed by atoms with Crippen molar-refractivity contribution in [3.8, 4) is 0 Å². The van der Waals surface area contributed by atoms with E-state index in [0.717, 1.165) is 6.42 Å². The number of hydrogen-bond donors (Lipinski definition) is 0. The van der Waals surface area contributed by atoms with Crippen LogP contribution in [0.5, 0.6) is 0 Å². The molecule has 1 aliphatic rings. The predicted octanol–water partition coefficient (Wildman–Crippen LogP) is 11.3. The van der Waals surface area contributed by atoms with Crippen molar-refractivity contribution in [2.24, 2.45) is 5.92 Å². The third-order valence-electron chi connectivity index (χ3n) is 13.1. The second-order valence-corrected chi connectivity index (χ2v) is 40.5. The van der Waals surface area contributed by atoms with Crippen LogP contribution in [0.3, 0.4) is 0 Å². The maximum atomic E-state index is 12.8. The van der Waals surface area contributed by atoms with Gasteiger partial charge in [0.25, 0.3) is 0 Å². The number of rotatable bonds is 17. The molecule has 0 bridgehead atoms. The van der Waals surface area contributed by atoms with Crippen molar-refractivity contribution < 1.29 is 36.7 Å². The van der Waals surface area contributed by atoms with Crippen molar-refractivity contribution in [1.82, 2.24) is 0 Å². The molecule has 0 radical (unpaired) electrons. The fraction of sp³-hybridized carbons (Fsp3) is 0.974. The largest absolute Gasteiger partial charge is 0.469 e. The van der Waals surface area contributed by atoms with E-state index >= 15 is 0 Å². The number of ether oxygens (including phenoxy) is 3. The van der Waals surface area contributed by atoms with Crippen LogP contribution in [-0.4, -0.2) is 89.8 Å². The number of hydrogen-bond acceptors (Lipinski definition) is 8. The molecule has 12 heteroatoms. The summed E-state index contributed by atoms with van der Waals surface area (Å²) in [5.41, 5.74) is 0. The van der Waals surface area contributed by atoms with Crippen LogP contribution >= 0.6 is 0 Å². The first-order valence-electron chi connectivity index (χ1n) is 19.6. The molecule has 1 fully saturated rings. The van der Waals surface area contributed by atoms with Gasteiger partial charge in [0.1, 0.15) is 18.3 Å². The molecule has 0 aromatic carbocycles. The van der Waals surface area contributed by atoms with Crippen LogP contribution in [0.1, 0.15) is 116 Å². The molecule has 0 spiro atoms. The third-order valence-corrected chi connectivity index (χ3v) is 31.1. The molecular weight excluding hydrogens is 709 g/mol. The Balaban J connectivity index is 3.82. The van der Waals surface area contributed by atoms with Crippen molar-refractivity contribution in [2.45, 2.75) is 226 Å². The zero-order chi connectivity index (χ0) is 40.4. The molecule has 0 N–H and O–H groups in total. The Morgan fingerprint density at radius 3 is 1.51 bits per heavy atom. The van der Waals surface area contributed by atoms with Crippen molar-refractivity contribution in [3.63, 3.8) is 0 Å². The van der Waals surface area contributed by atoms with Gasteiger partial charge in [0.15, 0.2) is 39.6 Å². The van der Waals surface area contributed by atoms with E-state index in [-0.39, 0.29) is 62.9 Å². The summed E-state index contributed by atoms with van der Waals surface area (Å²) in [5.74, 6) is -0.101. The van der Waals surface area contributed by atoms with E-state index in [1.54, 1.807) is 0 Å². The second-order valence-electron chi connectivity index (χ2n) is 21.4. The van der Waals surface area contributed by atoms with Crippen molar-refractivity contribution >= 4 is 39.2 Å². The quantitative estimate of drug-likeness (QED) is 0.106. The van der Waals surface area contributed by atoms with Gasteiger partial charge in [-0.15, -0.1) is 0 Å². The monoisotopic (exact) mass is 793 g/mol. The van der Waals surface area contributed by atoms with Crippen LogP contribution in [0.4, 0.5) is 0 Å². The third kappa shape index (κ3) is 13.4. The normalized spacial score (nSPS) is 23.7. The molecule has 0 aliphatic carbocycles. The number of carbonyl (C=O) groups excluding carboxylic acids is 1. The molecule has 51 heavy (non-hydrogen) atoms. The maximum Gasteiger partial charge on any atom is 0.308 e. The Morgan fingerprint density at radius 1 is 0.686 bits per heavy atom. The fourth-order valence-electron chi connectivity index (χ4n) is 4.90. The average Bonchev–Trinajstić information content (AvgIpc) is 3.22. The first kappa shape index (κ1) is 49.1. The number of methoxy groups -OCH3 is 1. The Morgan fingerprint density at radius 2 is 1.12 bits per heavy atom. The van der Waals surface area contributed by atoms with Gasteiger partial charge >= 0.3 is 5.97 Å². The molecule has 0 saturated carbocycles. The van der Waals surface area contributed by atoms with E-state index in [1.165, 1.54) is 7.11 Å². The van der Waals surface area contributed by atoms with Gasteiger partial charge in [0.2, 0.25) is 0 Å². The van der Waals surface area contributed by atoms with Gasteiger partial charge in [-0.05, 0) is 84.9 Å². The van der Waals surface area contributed by atoms with Crippen molar-refractivity contribution in [2.75, 3.05) is 13.7 Å². The lowest BCUT2D eigenvalue weighted by molar-refractivity contribution is -0.205. The van der Waals surface area contributed by atoms with Gasteiger partial charge in [-0.2, -0.15) is 0 Å². The van der Waals surface area contributed by atoms with Crippen LogP contribution in [0, 0.1) is 5.92 Å². The van der Waals surface area contributed by atoms with Gasteiger partial charge < -0.3 is 31.9 Å². The summed E-state index contributed by atoms with van der Waals surface area (Å²) in [4.78, 5) is 12.8. The molecule has 8 nitrogen and oxygen atoms in total. The summed E-state index contributed by atoms with van der Waals surface area (Å²) < 4.78 is 47.8. The van der Waals surface area contributed by atoms with Gasteiger partial charge in [-0.3, -0.25) is 4.79 Å². The lowest BCUT2D eigenvalue weighted by Gasteiger charge is -2.44. The van der Waals surface area contributed by atoms with Crippen LogP contribution in [0.2, 0.25) is 72.5 Å². The molecule has 1 heterocycles. The molecule has 1 saturated heterocycles. The summed E-state index contributed by atoms with van der Waals surface area (Å²) in [7, 11) is -7.51. The van der Waals surface area contributed by atoms with E-state index in [9.17, 15) is 4.79 Å². The smallest absolute Gasteiger partial charge is 0.308 e. The van der Waals surface area contributed by atoms with Gasteiger partial charge in [-0.25, -0.2) is 0 Å². The summed E-state index contributed by atoms with van der Waals surface area (Å²) in [6.45, 7) is 50.1. The Labute approximate surface area is 320 Å². The number of esters is 1. The fourth-order valence-corrected chi connectivity index (χ4v) is 9.88. The van der Waals surface area contributed by atoms with E-state index in [1.807, 2.05) is 0 Å². The highest BCUT2D eigenvalue weighted by Crippen LogP contribution is 2.46. The van der Waals surface area contributed by atoms with E-state index in [4.69, 9.17) is 31.9 Å². The average molecular weight is 793 g/mol. The Hall–Kier alpha value is 0.0975. The summed E-state index contributed by atoms with van der Waals surface area (Å²) in [6, 6.07) is 0. The standard InChI is InChI=1S/C39H84O8Si4/c1-24-28(2)30(25-29(26-32(40)41-15)45-49(18,19)37(6,7)8)43-35-34(47-51(22,23)39(12,13)14)33(46-50(20,21)38(9,10)11)31(44-35)27-42-48(16,17)36(3,4)5/h28-31,33-35H,24-27H2,1-23H3/t28-,29-,30-,31-,33?,34?,35+/m0/s1. The zero-order valence-corrected chi connectivity index (χ0v) is 41.6. The first-order chi connectivity index (χ1) is 22.5. The van der Waals surface area contributed by atoms with E-state index in [2.05, 4.69) is 149 Å². The van der Waals surface area contributed by atoms with Crippen LogP contribution in [-0.2, 0) is 36.7 Å². The van der Waals surface area contributed by atoms with Gasteiger partial charge in [0, 0.05) is 0 Å². The topological polar surface area (TPSA) is 81.7 Å². The SMILES string of the molecule is CC[C@H](C)[C@H](C[C@@H](CC(=O)OC)O[Si](C)(C)C(C)(C)C)O[C@@H]1O[C@@H](CO[Si](C)(C)C(C)(C)C)C(O[Si](C)(C)C(C)(C)C)C1O[Si](C)(C)C(C)(C)C. The van der Waals surface area contributed by atoms with E-state index < -0.39 is 45.7 Å². The summed E-state index contributed by atoms with van der Waals surface area (Å²) in [5, 5.41) is -0.0154. The Bertz CT molecular complexity index is 1100. The first-order valence-corrected chi connectivity index (χ1v) is 31.2. The van der Waals surface area contributed by atoms with E-state index in [0.29, 0.717) is 13.0 Å². The van der Waals surface area contributed by atoms with Crippen LogP contribution in [0.25, 0.3) is 0 Å². The molecule has 0 aromatic rings. The highest BCUT2D eigenvalue weighted by Gasteiger charge is 2.55. The summed E-state index contributed by atoms with van der Waals surface area (Å²) >= 11 is 0. The maximum absolute atomic E-state index is 12.8. The highest BCUT2D eigenvalue weighted by molar-refractivity contribution is 6.75. The van der Waals surface area contributed by atoms with Crippen molar-refractivity contribution in [1.29, 1.82) is 0 Å². The molecule has 0 aromatic heterocycles. The minimum atomic E-state index is -2.33. The predicted molar refractivity (Wildman–Crippen MR) is 224 cm³/mol. The molecule has 2 unspecified atom stereocenters. The lowest BCUT2D eigenvalue weighted by Crippen LogP contribution is -2.55. The molecule has 0 amide bonds. The zero-order valence-electron chi connectivity index (χ0n) is 37.6. The highest BCUT2D eigenvalue weighted by atomic mass is 28.4. The number of carbonyl (C=O) groups is 1. The van der Waals surface area contributed by atoms with Crippen LogP contribution in [0.15, 0.2) is 0 Å². The van der Waals surface area contributed by atoms with Crippen LogP contribution < -0.4 is 0 Å². The van der Waals surface area contributed by atoms with Gasteiger partial charge in [-0.1, -0.05) is 103 Å². The lowest BCUT2D eigenvalue weighted by atomic mass is 9.95.